The number of nitrogens with one attached hydrogen (secondary N) is 1. The average molecular weight is 199 g/mol. The minimum Gasteiger partial charge on any atom is -0.250 e. The third kappa shape index (κ3) is 1.19. The van der Waals surface area contributed by atoms with Crippen LogP contribution in [0.4, 0.5) is 8.78 Å². The SMILES string of the molecule is Cc1cc2n[nH]c(=O)n2cc1C(F)F. The van der Waals surface area contributed by atoms with Crippen LogP contribution in [0.15, 0.2) is 17.1 Å². The second-order valence-corrected chi connectivity index (χ2v) is 2.97. The number of H-pyrrole nitrogens is 1. The molecule has 0 unspecified atom stereocenters. The van der Waals surface area contributed by atoms with Gasteiger partial charge in [-0.3, -0.25) is 0 Å². The van der Waals surface area contributed by atoms with E-state index in [1.54, 1.807) is 6.92 Å². The van der Waals surface area contributed by atoms with Crippen LogP contribution in [0.25, 0.3) is 5.65 Å². The zero-order chi connectivity index (χ0) is 10.3. The van der Waals surface area contributed by atoms with Crippen molar-refractivity contribution in [3.05, 3.63) is 33.9 Å². The van der Waals surface area contributed by atoms with Gasteiger partial charge in [-0.1, -0.05) is 0 Å². The maximum atomic E-state index is 12.4. The molecule has 74 valence electrons. The molecule has 0 aromatic carbocycles. The van der Waals surface area contributed by atoms with Crippen molar-refractivity contribution in [2.75, 3.05) is 0 Å². The number of aryl methyl sites for hydroxylation is 1. The van der Waals surface area contributed by atoms with Crippen LogP contribution in [-0.2, 0) is 0 Å². The molecule has 0 saturated carbocycles. The first-order chi connectivity index (χ1) is 6.59. The van der Waals surface area contributed by atoms with E-state index in [9.17, 15) is 13.6 Å². The molecule has 0 aliphatic rings. The van der Waals surface area contributed by atoms with Crippen molar-refractivity contribution in [3.63, 3.8) is 0 Å². The average Bonchev–Trinajstić information content (AvgIpc) is 2.46. The number of fused-ring (bicyclic) bond motifs is 1. The quantitative estimate of drug-likeness (QED) is 0.751. The number of hydrogen-bond donors (Lipinski definition) is 1. The molecule has 0 spiro atoms. The van der Waals surface area contributed by atoms with Gasteiger partial charge in [0, 0.05) is 11.8 Å². The highest BCUT2D eigenvalue weighted by Crippen LogP contribution is 2.22. The lowest BCUT2D eigenvalue weighted by Crippen LogP contribution is -2.10. The van der Waals surface area contributed by atoms with E-state index in [1.807, 2.05) is 0 Å². The van der Waals surface area contributed by atoms with Gasteiger partial charge in [0.05, 0.1) is 0 Å². The first kappa shape index (κ1) is 8.86. The number of rotatable bonds is 1. The Morgan fingerprint density at radius 2 is 2.29 bits per heavy atom. The van der Waals surface area contributed by atoms with E-state index in [1.165, 1.54) is 6.07 Å². The normalized spacial score (nSPS) is 11.4. The predicted molar refractivity (Wildman–Crippen MR) is 45.5 cm³/mol. The summed E-state index contributed by atoms with van der Waals surface area (Å²) in [5.41, 5.74) is 0.103. The fraction of sp³-hybridized carbons (Fsp3) is 0.250. The third-order valence-corrected chi connectivity index (χ3v) is 2.04. The lowest BCUT2D eigenvalue weighted by molar-refractivity contribution is 0.150. The Kier molecular flexibility index (Phi) is 1.83. The number of nitrogens with zero attached hydrogens (tertiary/aromatic N) is 2. The largest absolute Gasteiger partial charge is 0.347 e. The van der Waals surface area contributed by atoms with E-state index in [-0.39, 0.29) is 5.56 Å². The highest BCUT2D eigenvalue weighted by molar-refractivity contribution is 5.43. The first-order valence-electron chi connectivity index (χ1n) is 3.95. The smallest absolute Gasteiger partial charge is 0.250 e. The molecule has 4 nitrogen and oxygen atoms in total. The van der Waals surface area contributed by atoms with Crippen LogP contribution in [0.1, 0.15) is 17.6 Å². The summed E-state index contributed by atoms with van der Waals surface area (Å²) >= 11 is 0. The van der Waals surface area contributed by atoms with Crippen LogP contribution >= 0.6 is 0 Å². The Hall–Kier alpha value is -1.72. The first-order valence-corrected chi connectivity index (χ1v) is 3.95. The molecule has 1 N–H and O–H groups in total. The number of aromatic amines is 1. The van der Waals surface area contributed by atoms with Gasteiger partial charge in [-0.05, 0) is 18.6 Å². The number of hydrogen-bond acceptors (Lipinski definition) is 2. The highest BCUT2D eigenvalue weighted by Gasteiger charge is 2.13. The molecule has 2 aromatic heterocycles. The van der Waals surface area contributed by atoms with Crippen molar-refractivity contribution >= 4 is 5.65 Å². The third-order valence-electron chi connectivity index (χ3n) is 2.04. The molecule has 0 atom stereocenters. The van der Waals surface area contributed by atoms with Crippen molar-refractivity contribution in [3.8, 4) is 0 Å². The molecule has 2 aromatic rings. The monoisotopic (exact) mass is 199 g/mol. The lowest BCUT2D eigenvalue weighted by Gasteiger charge is -2.03. The van der Waals surface area contributed by atoms with Crippen LogP contribution in [0.5, 0.6) is 0 Å². The molecule has 2 rings (SSSR count). The molecular formula is C8H7F2N3O. The van der Waals surface area contributed by atoms with E-state index in [2.05, 4.69) is 10.2 Å². The van der Waals surface area contributed by atoms with Gasteiger partial charge in [0.1, 0.15) is 0 Å². The van der Waals surface area contributed by atoms with Crippen molar-refractivity contribution in [1.82, 2.24) is 14.6 Å². The lowest BCUT2D eigenvalue weighted by atomic mass is 10.2. The Morgan fingerprint density at radius 3 is 2.93 bits per heavy atom. The van der Waals surface area contributed by atoms with Crippen molar-refractivity contribution in [1.29, 1.82) is 0 Å². The van der Waals surface area contributed by atoms with E-state index in [0.29, 0.717) is 11.2 Å². The van der Waals surface area contributed by atoms with Gasteiger partial charge in [-0.25, -0.2) is 23.1 Å². The number of alkyl halides is 2. The highest BCUT2D eigenvalue weighted by atomic mass is 19.3. The van der Waals surface area contributed by atoms with Gasteiger partial charge in [-0.2, -0.15) is 5.10 Å². The molecule has 14 heavy (non-hydrogen) atoms. The van der Waals surface area contributed by atoms with E-state index in [0.717, 1.165) is 10.6 Å². The zero-order valence-electron chi connectivity index (χ0n) is 7.29. The standard InChI is InChI=1S/C8H7F2N3O/c1-4-2-6-11-12-8(14)13(6)3-5(4)7(9)10/h2-3,7H,1H3,(H,12,14). The fourth-order valence-corrected chi connectivity index (χ4v) is 1.29. The van der Waals surface area contributed by atoms with Crippen molar-refractivity contribution in [2.45, 2.75) is 13.3 Å². The summed E-state index contributed by atoms with van der Waals surface area (Å²) in [5.74, 6) is 0. The van der Waals surface area contributed by atoms with Crippen molar-refractivity contribution in [2.24, 2.45) is 0 Å². The second kappa shape index (κ2) is 2.90. The molecule has 0 fully saturated rings. The molecule has 0 saturated heterocycles. The molecule has 0 aliphatic carbocycles. The fourth-order valence-electron chi connectivity index (χ4n) is 1.29. The van der Waals surface area contributed by atoms with Gasteiger partial charge in [0.25, 0.3) is 6.43 Å². The Labute approximate surface area is 77.2 Å². The molecule has 2 heterocycles. The van der Waals surface area contributed by atoms with Crippen LogP contribution in [0.2, 0.25) is 0 Å². The van der Waals surface area contributed by atoms with Crippen LogP contribution in [0.3, 0.4) is 0 Å². The zero-order valence-corrected chi connectivity index (χ0v) is 7.29. The van der Waals surface area contributed by atoms with Gasteiger partial charge < -0.3 is 0 Å². The maximum Gasteiger partial charge on any atom is 0.347 e. The summed E-state index contributed by atoms with van der Waals surface area (Å²) < 4.78 is 26.0. The number of aromatic nitrogens is 3. The maximum absolute atomic E-state index is 12.4. The number of halogens is 2. The minimum absolute atomic E-state index is 0.152. The van der Waals surface area contributed by atoms with Gasteiger partial charge in [-0.15, -0.1) is 0 Å². The second-order valence-electron chi connectivity index (χ2n) is 2.97. The molecular weight excluding hydrogens is 192 g/mol. The molecule has 0 bridgehead atoms. The Balaban J connectivity index is 2.80. The van der Waals surface area contributed by atoms with Gasteiger partial charge in [0.2, 0.25) is 0 Å². The van der Waals surface area contributed by atoms with Crippen LogP contribution in [0, 0.1) is 6.92 Å². The summed E-state index contributed by atoms with van der Waals surface area (Å²) in [5, 5.41) is 5.84. The summed E-state index contributed by atoms with van der Waals surface area (Å²) in [6.45, 7) is 1.56. The summed E-state index contributed by atoms with van der Waals surface area (Å²) in [6, 6.07) is 1.44. The molecule has 6 heteroatoms. The number of pyridine rings is 1. The van der Waals surface area contributed by atoms with Crippen LogP contribution in [-0.4, -0.2) is 14.6 Å². The minimum atomic E-state index is -2.58. The molecule has 0 radical (unpaired) electrons. The molecule has 0 aliphatic heterocycles. The summed E-state index contributed by atoms with van der Waals surface area (Å²) in [7, 11) is 0. The topological polar surface area (TPSA) is 50.2 Å². The predicted octanol–water partition coefficient (Wildman–Crippen LogP) is 1.27. The van der Waals surface area contributed by atoms with Crippen LogP contribution < -0.4 is 5.69 Å². The van der Waals surface area contributed by atoms with E-state index < -0.39 is 12.1 Å². The van der Waals surface area contributed by atoms with E-state index in [4.69, 9.17) is 0 Å². The Bertz CT molecular complexity index is 529. The van der Waals surface area contributed by atoms with Crippen molar-refractivity contribution < 1.29 is 8.78 Å². The summed E-state index contributed by atoms with van der Waals surface area (Å²) in [6.07, 6.45) is -1.47. The van der Waals surface area contributed by atoms with E-state index >= 15 is 0 Å². The molecule has 0 amide bonds. The van der Waals surface area contributed by atoms with Gasteiger partial charge in [0.15, 0.2) is 5.65 Å². The summed E-state index contributed by atoms with van der Waals surface area (Å²) in [4.78, 5) is 11.1. The van der Waals surface area contributed by atoms with Gasteiger partial charge >= 0.3 is 5.69 Å². The Morgan fingerprint density at radius 1 is 1.57 bits per heavy atom.